The summed E-state index contributed by atoms with van der Waals surface area (Å²) in [6, 6.07) is 10.8. The molecule has 0 spiro atoms. The molecule has 3 aromatic rings. The van der Waals surface area contributed by atoms with E-state index < -0.39 is 11.7 Å². The average molecular weight is 490 g/mol. The second-order valence-electron chi connectivity index (χ2n) is 6.45. The number of nitrogens with two attached hydrogens (primary N) is 2. The van der Waals surface area contributed by atoms with E-state index in [2.05, 4.69) is 19.9 Å². The second kappa shape index (κ2) is 9.11. The fraction of sp³-hybridized carbons (Fsp3) is 0.0500. The highest BCUT2D eigenvalue weighted by atomic mass is 35.5. The fourth-order valence-corrected chi connectivity index (χ4v) is 4.02. The number of rotatable bonds is 4. The molecule has 4 N–H and O–H groups in total. The Labute approximate surface area is 196 Å². The van der Waals surface area contributed by atoms with E-state index >= 15 is 0 Å². The number of aromatic nitrogens is 3. The van der Waals surface area contributed by atoms with Crippen LogP contribution in [-0.2, 0) is 10.5 Å². The summed E-state index contributed by atoms with van der Waals surface area (Å²) in [5.74, 6) is -0.650. The van der Waals surface area contributed by atoms with E-state index in [0.717, 1.165) is 11.8 Å². The van der Waals surface area contributed by atoms with Crippen LogP contribution >= 0.6 is 35.0 Å². The number of aliphatic imine (C=N–C) groups is 1. The first-order chi connectivity index (χ1) is 15.3. The summed E-state index contributed by atoms with van der Waals surface area (Å²) in [4.78, 5) is 30.5. The minimum atomic E-state index is -0.571. The van der Waals surface area contributed by atoms with Crippen molar-refractivity contribution in [3.63, 3.8) is 0 Å². The van der Waals surface area contributed by atoms with Gasteiger partial charge in [0.15, 0.2) is 5.17 Å². The molecule has 0 aliphatic carbocycles. The van der Waals surface area contributed by atoms with Crippen molar-refractivity contribution in [1.29, 1.82) is 0 Å². The summed E-state index contributed by atoms with van der Waals surface area (Å²) in [6.45, 7) is 0. The molecular weight excluding hydrogens is 476 g/mol. The van der Waals surface area contributed by atoms with Gasteiger partial charge in [0, 0.05) is 0 Å². The first kappa shape index (κ1) is 22.0. The monoisotopic (exact) mass is 489 g/mol. The van der Waals surface area contributed by atoms with Crippen molar-refractivity contribution in [2.45, 2.75) is 5.75 Å². The Hall–Kier alpha value is -3.21. The predicted molar refractivity (Wildman–Crippen MR) is 126 cm³/mol. The number of thioether (sulfide) groups is 1. The number of nitrogen functional groups attached to an aromatic ring is 2. The number of amidine groups is 1. The minimum absolute atomic E-state index is 0.0244. The van der Waals surface area contributed by atoms with Crippen LogP contribution in [0, 0.1) is 5.82 Å². The topological polar surface area (TPSA) is 123 Å². The molecule has 1 aliphatic heterocycles. The molecule has 0 saturated heterocycles. The minimum Gasteiger partial charge on any atom is -0.368 e. The molecule has 162 valence electrons. The van der Waals surface area contributed by atoms with E-state index in [-0.39, 0.29) is 34.2 Å². The molecule has 2 heterocycles. The summed E-state index contributed by atoms with van der Waals surface area (Å²) < 4.78 is 14.5. The van der Waals surface area contributed by atoms with E-state index in [1.54, 1.807) is 30.3 Å². The molecule has 0 bridgehead atoms. The Morgan fingerprint density at radius 2 is 1.75 bits per heavy atom. The van der Waals surface area contributed by atoms with Crippen molar-refractivity contribution >= 4 is 69.7 Å². The van der Waals surface area contributed by atoms with E-state index in [1.165, 1.54) is 23.1 Å². The smallest absolute Gasteiger partial charge is 0.283 e. The van der Waals surface area contributed by atoms with Gasteiger partial charge in [0.1, 0.15) is 17.3 Å². The van der Waals surface area contributed by atoms with E-state index in [9.17, 15) is 9.18 Å². The molecule has 2 aromatic carbocycles. The number of carbonyl (C=O) groups is 1. The lowest BCUT2D eigenvalue weighted by molar-refractivity contribution is -0.113. The summed E-state index contributed by atoms with van der Waals surface area (Å²) in [5.41, 5.74) is 12.0. The summed E-state index contributed by atoms with van der Waals surface area (Å²) in [5, 5.41) is 0.958. The van der Waals surface area contributed by atoms with Crippen molar-refractivity contribution < 1.29 is 9.18 Å². The number of hydrogen-bond donors (Lipinski definition) is 2. The van der Waals surface area contributed by atoms with Crippen LogP contribution in [0.4, 0.5) is 22.0 Å². The molecule has 1 amide bonds. The Morgan fingerprint density at radius 1 is 1.03 bits per heavy atom. The third-order valence-electron chi connectivity index (χ3n) is 4.22. The number of anilines is 3. The first-order valence-corrected chi connectivity index (χ1v) is 10.8. The molecule has 1 aromatic heterocycles. The van der Waals surface area contributed by atoms with Gasteiger partial charge in [-0.25, -0.2) is 9.38 Å². The van der Waals surface area contributed by atoms with Crippen molar-refractivity contribution in [3.8, 4) is 0 Å². The van der Waals surface area contributed by atoms with Crippen LogP contribution < -0.4 is 16.4 Å². The summed E-state index contributed by atoms with van der Waals surface area (Å²) >= 11 is 13.2. The van der Waals surface area contributed by atoms with Crippen molar-refractivity contribution in [2.24, 2.45) is 4.99 Å². The van der Waals surface area contributed by atoms with E-state index in [4.69, 9.17) is 34.7 Å². The third kappa shape index (κ3) is 4.67. The van der Waals surface area contributed by atoms with Gasteiger partial charge in [0.25, 0.3) is 5.91 Å². The molecule has 32 heavy (non-hydrogen) atoms. The lowest BCUT2D eigenvalue weighted by Gasteiger charge is -2.18. The quantitative estimate of drug-likeness (QED) is 0.527. The largest absolute Gasteiger partial charge is 0.368 e. The van der Waals surface area contributed by atoms with Crippen molar-refractivity contribution in [2.75, 3.05) is 16.4 Å². The molecule has 8 nitrogen and oxygen atoms in total. The van der Waals surface area contributed by atoms with Crippen LogP contribution in [0.5, 0.6) is 0 Å². The van der Waals surface area contributed by atoms with Crippen molar-refractivity contribution in [1.82, 2.24) is 15.0 Å². The molecule has 0 fully saturated rings. The van der Waals surface area contributed by atoms with Gasteiger partial charge in [0.05, 0.1) is 21.5 Å². The lowest BCUT2D eigenvalue weighted by Crippen LogP contribution is -2.31. The Kier molecular flexibility index (Phi) is 6.26. The van der Waals surface area contributed by atoms with Gasteiger partial charge < -0.3 is 11.5 Å². The molecule has 0 unspecified atom stereocenters. The maximum Gasteiger partial charge on any atom is 0.283 e. The SMILES string of the molecule is Nc1nc(N)nc(CSC2=NC(=Cc3ccc(Cl)c(Cl)c3)C(=O)N2c2ccccc2F)n1. The van der Waals surface area contributed by atoms with Gasteiger partial charge in [-0.05, 0) is 35.9 Å². The number of para-hydroxylation sites is 1. The highest BCUT2D eigenvalue weighted by Crippen LogP contribution is 2.32. The molecule has 1 aliphatic rings. The van der Waals surface area contributed by atoms with E-state index in [1.807, 2.05) is 0 Å². The lowest BCUT2D eigenvalue weighted by atomic mass is 10.2. The van der Waals surface area contributed by atoms with E-state index in [0.29, 0.717) is 21.4 Å². The molecular formula is C20H14Cl2FN7OS. The van der Waals surface area contributed by atoms with Gasteiger partial charge in [-0.3, -0.25) is 9.69 Å². The molecule has 0 radical (unpaired) electrons. The highest BCUT2D eigenvalue weighted by Gasteiger charge is 2.33. The van der Waals surface area contributed by atoms with Gasteiger partial charge in [-0.2, -0.15) is 15.0 Å². The first-order valence-electron chi connectivity index (χ1n) is 9.05. The third-order valence-corrected chi connectivity index (χ3v) is 5.89. The number of amides is 1. The predicted octanol–water partition coefficient (Wildman–Crippen LogP) is 4.16. The highest BCUT2D eigenvalue weighted by molar-refractivity contribution is 8.13. The normalized spacial score (nSPS) is 14.8. The van der Waals surface area contributed by atoms with Crippen LogP contribution in [0.1, 0.15) is 11.4 Å². The maximum atomic E-state index is 14.5. The van der Waals surface area contributed by atoms with Gasteiger partial charge in [0.2, 0.25) is 11.9 Å². The zero-order valence-corrected chi connectivity index (χ0v) is 18.5. The molecule has 0 atom stereocenters. The van der Waals surface area contributed by atoms with Gasteiger partial charge in [-0.15, -0.1) is 0 Å². The van der Waals surface area contributed by atoms with Crippen LogP contribution in [-0.4, -0.2) is 26.0 Å². The van der Waals surface area contributed by atoms with Crippen LogP contribution in [0.25, 0.3) is 6.08 Å². The van der Waals surface area contributed by atoms with Gasteiger partial charge in [-0.1, -0.05) is 53.2 Å². The number of benzene rings is 2. The average Bonchev–Trinajstić information content (AvgIpc) is 3.04. The number of carbonyl (C=O) groups excluding carboxylic acids is 1. The summed E-state index contributed by atoms with van der Waals surface area (Å²) in [7, 11) is 0. The maximum absolute atomic E-state index is 14.5. The molecule has 0 saturated carbocycles. The van der Waals surface area contributed by atoms with Crippen LogP contribution in [0.3, 0.4) is 0 Å². The fourth-order valence-electron chi connectivity index (χ4n) is 2.85. The van der Waals surface area contributed by atoms with Crippen LogP contribution in [0.2, 0.25) is 10.0 Å². The number of hydrogen-bond acceptors (Lipinski definition) is 8. The molecule has 12 heteroatoms. The Morgan fingerprint density at radius 3 is 2.44 bits per heavy atom. The Bertz CT molecular complexity index is 1260. The molecule has 4 rings (SSSR count). The number of nitrogens with zero attached hydrogens (tertiary/aromatic N) is 5. The number of halogens is 3. The zero-order chi connectivity index (χ0) is 22.8. The van der Waals surface area contributed by atoms with Crippen molar-refractivity contribution in [3.05, 3.63) is 75.4 Å². The second-order valence-corrected chi connectivity index (χ2v) is 8.20. The standard InChI is InChI=1S/C20H14Cl2FN7OS/c21-11-6-5-10(7-12(11)22)8-14-17(31)30(15-4-2-1-3-13(15)23)20(26-14)32-9-16-27-18(24)29-19(25)28-16/h1-8H,9H2,(H4,24,25,27,28,29). The van der Waals surface area contributed by atoms with Gasteiger partial charge >= 0.3 is 0 Å². The Balaban J connectivity index is 1.70. The summed E-state index contributed by atoms with van der Waals surface area (Å²) in [6.07, 6.45) is 1.55. The van der Waals surface area contributed by atoms with Crippen LogP contribution in [0.15, 0.2) is 53.2 Å². The zero-order valence-electron chi connectivity index (χ0n) is 16.2.